The van der Waals surface area contributed by atoms with Crippen molar-refractivity contribution >= 4 is 47.2 Å². The summed E-state index contributed by atoms with van der Waals surface area (Å²) in [5, 5.41) is 4.33. The van der Waals surface area contributed by atoms with Gasteiger partial charge in [0.1, 0.15) is 5.82 Å². The maximum atomic E-state index is 13.4. The zero-order valence-electron chi connectivity index (χ0n) is 8.41. The smallest absolute Gasteiger partial charge is 0.265 e. The fourth-order valence-corrected chi connectivity index (χ4v) is 2.49. The molecule has 0 radical (unpaired) electrons. The Labute approximate surface area is 112 Å². The van der Waals surface area contributed by atoms with E-state index in [4.69, 9.17) is 11.6 Å². The van der Waals surface area contributed by atoms with Gasteiger partial charge in [-0.1, -0.05) is 17.7 Å². The lowest BCUT2D eigenvalue weighted by atomic mass is 10.3. The second kappa shape index (κ2) is 5.08. The molecule has 17 heavy (non-hydrogen) atoms. The van der Waals surface area contributed by atoms with E-state index in [-0.39, 0.29) is 10.7 Å². The first-order chi connectivity index (χ1) is 8.08. The highest BCUT2D eigenvalue weighted by molar-refractivity contribution is 7.80. The van der Waals surface area contributed by atoms with Crippen LogP contribution >= 0.6 is 35.6 Å². The fraction of sp³-hybridized carbons (Fsp3) is 0. The second-order valence-electron chi connectivity index (χ2n) is 3.22. The standard InChI is InChI=1S/C11H7ClFNOS2/c12-7-2-1-3-8(13)10(7)14-11(15)9-4-6(16)5-17-9/h1-5,16H,(H,14,15). The number of amides is 1. The van der Waals surface area contributed by atoms with Crippen LogP contribution in [0.25, 0.3) is 0 Å². The molecule has 0 aliphatic carbocycles. The zero-order valence-corrected chi connectivity index (χ0v) is 10.9. The Morgan fingerprint density at radius 3 is 2.82 bits per heavy atom. The predicted molar refractivity (Wildman–Crippen MR) is 70.9 cm³/mol. The summed E-state index contributed by atoms with van der Waals surface area (Å²) in [5.41, 5.74) is -0.00622. The number of anilines is 1. The molecular formula is C11H7ClFNOS2. The molecule has 1 heterocycles. The molecule has 0 fully saturated rings. The maximum absolute atomic E-state index is 13.4. The number of benzene rings is 1. The summed E-state index contributed by atoms with van der Waals surface area (Å²) in [6, 6.07) is 5.83. The van der Waals surface area contributed by atoms with E-state index < -0.39 is 11.7 Å². The molecule has 0 unspecified atom stereocenters. The van der Waals surface area contributed by atoms with Gasteiger partial charge in [0.2, 0.25) is 0 Å². The monoisotopic (exact) mass is 287 g/mol. The molecule has 6 heteroatoms. The molecule has 2 aromatic rings. The van der Waals surface area contributed by atoms with Gasteiger partial charge in [-0.05, 0) is 18.2 Å². The first-order valence-corrected chi connectivity index (χ1v) is 6.31. The van der Waals surface area contributed by atoms with Crippen LogP contribution in [0.1, 0.15) is 9.67 Å². The maximum Gasteiger partial charge on any atom is 0.265 e. The molecule has 2 nitrogen and oxygen atoms in total. The Hall–Kier alpha value is -1.04. The minimum atomic E-state index is -0.562. The second-order valence-corrected chi connectivity index (χ2v) is 5.05. The van der Waals surface area contributed by atoms with Crippen LogP contribution in [0.5, 0.6) is 0 Å². The van der Waals surface area contributed by atoms with Crippen LogP contribution in [-0.4, -0.2) is 5.91 Å². The molecule has 1 aromatic heterocycles. The number of halogens is 2. The van der Waals surface area contributed by atoms with Crippen LogP contribution in [0.2, 0.25) is 5.02 Å². The molecule has 0 atom stereocenters. The summed E-state index contributed by atoms with van der Waals surface area (Å²) in [6.07, 6.45) is 0. The molecule has 1 amide bonds. The average molecular weight is 288 g/mol. The molecule has 88 valence electrons. The summed E-state index contributed by atoms with van der Waals surface area (Å²) in [5.74, 6) is -0.962. The van der Waals surface area contributed by atoms with Crippen molar-refractivity contribution in [2.45, 2.75) is 4.90 Å². The predicted octanol–water partition coefficient (Wildman–Crippen LogP) is 4.08. The van der Waals surface area contributed by atoms with E-state index in [1.165, 1.54) is 29.5 Å². The molecule has 0 spiro atoms. The molecule has 0 aliphatic heterocycles. The number of carbonyl (C=O) groups excluding carboxylic acids is 1. The number of hydrogen-bond donors (Lipinski definition) is 2. The molecule has 1 aromatic carbocycles. The summed E-state index contributed by atoms with van der Waals surface area (Å²) >= 11 is 11.1. The van der Waals surface area contributed by atoms with Gasteiger partial charge >= 0.3 is 0 Å². The highest BCUT2D eigenvalue weighted by Crippen LogP contribution is 2.26. The summed E-state index contributed by atoms with van der Waals surface area (Å²) in [4.78, 5) is 12.9. The van der Waals surface area contributed by atoms with Crippen molar-refractivity contribution in [1.82, 2.24) is 0 Å². The van der Waals surface area contributed by atoms with E-state index in [2.05, 4.69) is 17.9 Å². The van der Waals surface area contributed by atoms with Crippen LogP contribution in [0.3, 0.4) is 0 Å². The molecule has 0 bridgehead atoms. The van der Waals surface area contributed by atoms with Crippen LogP contribution in [0.4, 0.5) is 10.1 Å². The normalized spacial score (nSPS) is 10.3. The number of rotatable bonds is 2. The third-order valence-electron chi connectivity index (χ3n) is 2.01. The first-order valence-electron chi connectivity index (χ1n) is 4.61. The van der Waals surface area contributed by atoms with Crippen molar-refractivity contribution in [2.75, 3.05) is 5.32 Å². The Bertz CT molecular complexity index is 550. The van der Waals surface area contributed by atoms with Gasteiger partial charge in [-0.25, -0.2) is 4.39 Å². The number of thiol groups is 1. The third kappa shape index (κ3) is 2.80. The lowest BCUT2D eigenvalue weighted by Gasteiger charge is -2.06. The van der Waals surface area contributed by atoms with Crippen LogP contribution in [-0.2, 0) is 0 Å². The van der Waals surface area contributed by atoms with Gasteiger partial charge in [-0.15, -0.1) is 24.0 Å². The van der Waals surface area contributed by atoms with E-state index in [9.17, 15) is 9.18 Å². The van der Waals surface area contributed by atoms with Crippen molar-refractivity contribution in [3.8, 4) is 0 Å². The van der Waals surface area contributed by atoms with E-state index in [0.29, 0.717) is 9.77 Å². The van der Waals surface area contributed by atoms with Gasteiger partial charge in [-0.3, -0.25) is 4.79 Å². The number of carbonyl (C=O) groups is 1. The SMILES string of the molecule is O=C(Nc1c(F)cccc1Cl)c1cc(S)cs1. The largest absolute Gasteiger partial charge is 0.318 e. The molecule has 0 aliphatic rings. The number of para-hydroxylation sites is 1. The minimum Gasteiger partial charge on any atom is -0.318 e. The summed E-state index contributed by atoms with van der Waals surface area (Å²) < 4.78 is 13.4. The first kappa shape index (κ1) is 12.4. The quantitative estimate of drug-likeness (QED) is 0.801. The van der Waals surface area contributed by atoms with Crippen LogP contribution in [0.15, 0.2) is 34.5 Å². The number of nitrogens with one attached hydrogen (secondary N) is 1. The van der Waals surface area contributed by atoms with Crippen molar-refractivity contribution in [3.63, 3.8) is 0 Å². The highest BCUT2D eigenvalue weighted by atomic mass is 35.5. The van der Waals surface area contributed by atoms with Gasteiger partial charge < -0.3 is 5.32 Å². The van der Waals surface area contributed by atoms with Crippen molar-refractivity contribution in [2.24, 2.45) is 0 Å². The Morgan fingerprint density at radius 1 is 1.47 bits per heavy atom. The van der Waals surface area contributed by atoms with Gasteiger partial charge in [-0.2, -0.15) is 0 Å². The third-order valence-corrected chi connectivity index (χ3v) is 3.69. The Balaban J connectivity index is 2.24. The number of thiophene rings is 1. The Kier molecular flexibility index (Phi) is 3.71. The minimum absolute atomic E-state index is 0.00622. The summed E-state index contributed by atoms with van der Waals surface area (Å²) in [6.45, 7) is 0. The molecular weight excluding hydrogens is 281 g/mol. The Morgan fingerprint density at radius 2 is 2.24 bits per heavy atom. The van der Waals surface area contributed by atoms with Crippen LogP contribution < -0.4 is 5.32 Å². The molecule has 2 rings (SSSR count). The van der Waals surface area contributed by atoms with Gasteiger partial charge in [0, 0.05) is 10.3 Å². The van der Waals surface area contributed by atoms with E-state index in [1.54, 1.807) is 11.4 Å². The molecule has 0 saturated carbocycles. The topological polar surface area (TPSA) is 29.1 Å². The lowest BCUT2D eigenvalue weighted by Crippen LogP contribution is -2.11. The molecule has 1 N–H and O–H groups in total. The van der Waals surface area contributed by atoms with Crippen molar-refractivity contribution < 1.29 is 9.18 Å². The van der Waals surface area contributed by atoms with Crippen molar-refractivity contribution in [1.29, 1.82) is 0 Å². The fourth-order valence-electron chi connectivity index (χ4n) is 1.24. The van der Waals surface area contributed by atoms with E-state index in [1.807, 2.05) is 0 Å². The average Bonchev–Trinajstić information content (AvgIpc) is 2.70. The highest BCUT2D eigenvalue weighted by Gasteiger charge is 2.13. The van der Waals surface area contributed by atoms with Gasteiger partial charge in [0.25, 0.3) is 5.91 Å². The van der Waals surface area contributed by atoms with Gasteiger partial charge in [0.05, 0.1) is 15.6 Å². The van der Waals surface area contributed by atoms with E-state index >= 15 is 0 Å². The summed E-state index contributed by atoms with van der Waals surface area (Å²) in [7, 11) is 0. The van der Waals surface area contributed by atoms with Crippen molar-refractivity contribution in [3.05, 3.63) is 45.4 Å². The number of hydrogen-bond acceptors (Lipinski definition) is 3. The molecule has 0 saturated heterocycles. The lowest BCUT2D eigenvalue weighted by molar-refractivity contribution is 0.103. The zero-order chi connectivity index (χ0) is 12.4. The van der Waals surface area contributed by atoms with E-state index in [0.717, 1.165) is 0 Å². The van der Waals surface area contributed by atoms with Crippen LogP contribution in [0, 0.1) is 5.82 Å². The van der Waals surface area contributed by atoms with Gasteiger partial charge in [0.15, 0.2) is 0 Å².